The molecule has 0 spiro atoms. The molecule has 192 valence electrons. The first-order valence-corrected chi connectivity index (χ1v) is 11.5. The number of nitrogens with zero attached hydrogens (tertiary/aromatic N) is 2. The largest absolute Gasteiger partial charge is 0.388 e. The monoisotopic (exact) mass is 492 g/mol. The van der Waals surface area contributed by atoms with Gasteiger partial charge in [-0.15, -0.1) is 0 Å². The molecule has 4 rings (SSSR count). The lowest BCUT2D eigenvalue weighted by molar-refractivity contribution is -0.217. The van der Waals surface area contributed by atoms with Gasteiger partial charge in [0, 0.05) is 38.3 Å². The number of aromatic amines is 1. The van der Waals surface area contributed by atoms with Crippen molar-refractivity contribution in [2.45, 2.75) is 62.1 Å². The number of nitrogens with one attached hydrogen (secondary N) is 1. The predicted octanol–water partition coefficient (Wildman–Crippen LogP) is -1.89. The van der Waals surface area contributed by atoms with Gasteiger partial charge in [-0.1, -0.05) is 30.3 Å². The van der Waals surface area contributed by atoms with Crippen molar-refractivity contribution in [3.8, 4) is 0 Å². The summed E-state index contributed by atoms with van der Waals surface area (Å²) in [4.78, 5) is 27.8. The molecular formula is C23H32N4O8. The van der Waals surface area contributed by atoms with Gasteiger partial charge in [0.2, 0.25) is 0 Å². The Morgan fingerprint density at radius 1 is 1.17 bits per heavy atom. The van der Waals surface area contributed by atoms with Crippen LogP contribution in [0.25, 0.3) is 0 Å². The van der Waals surface area contributed by atoms with Gasteiger partial charge < -0.3 is 35.3 Å². The summed E-state index contributed by atoms with van der Waals surface area (Å²) in [6.07, 6.45) is -6.51. The third-order valence-corrected chi connectivity index (χ3v) is 6.30. The molecule has 2 aliphatic rings. The molecule has 1 aromatic heterocycles. The Hall–Kier alpha value is -2.42. The van der Waals surface area contributed by atoms with Gasteiger partial charge in [-0.25, -0.2) is 4.79 Å². The number of rotatable bonds is 9. The quantitative estimate of drug-likeness (QED) is 0.266. The van der Waals surface area contributed by atoms with Crippen molar-refractivity contribution < 1.29 is 29.5 Å². The number of hydrogen-bond donors (Lipinski definition) is 5. The van der Waals surface area contributed by atoms with E-state index in [1.165, 1.54) is 12.3 Å². The Kier molecular flexibility index (Phi) is 8.14. The minimum Gasteiger partial charge on any atom is -0.388 e. The third-order valence-electron chi connectivity index (χ3n) is 6.30. The van der Waals surface area contributed by atoms with E-state index in [4.69, 9.17) is 19.9 Å². The van der Waals surface area contributed by atoms with Crippen LogP contribution < -0.4 is 17.0 Å². The SMILES string of the molecule is CN(Cc1ccccc1)C[C@H](O[C@@H]1O[C@H](CN)[C@@H](O)[C@H]1O)[C@@H]1C[C@@H](O)[C@H](n2ccc(=O)[nH]c2=O)O1. The molecule has 2 aliphatic heterocycles. The van der Waals surface area contributed by atoms with E-state index in [0.29, 0.717) is 13.1 Å². The van der Waals surface area contributed by atoms with Crippen LogP contribution in [0, 0.1) is 0 Å². The normalized spacial score (nSPS) is 31.8. The van der Waals surface area contributed by atoms with Crippen molar-refractivity contribution in [1.29, 1.82) is 0 Å². The van der Waals surface area contributed by atoms with Gasteiger partial charge in [0.1, 0.15) is 24.4 Å². The Morgan fingerprint density at radius 3 is 2.57 bits per heavy atom. The second-order valence-corrected chi connectivity index (χ2v) is 9.00. The number of hydrogen-bond acceptors (Lipinski definition) is 10. The first kappa shape index (κ1) is 25.7. The molecule has 2 fully saturated rings. The maximum absolute atomic E-state index is 12.2. The molecule has 1 aromatic carbocycles. The maximum Gasteiger partial charge on any atom is 0.330 e. The Labute approximate surface area is 201 Å². The van der Waals surface area contributed by atoms with Crippen LogP contribution in [-0.2, 0) is 20.8 Å². The van der Waals surface area contributed by atoms with Gasteiger partial charge >= 0.3 is 5.69 Å². The van der Waals surface area contributed by atoms with E-state index in [1.54, 1.807) is 0 Å². The van der Waals surface area contributed by atoms with Crippen LogP contribution in [0.2, 0.25) is 0 Å². The number of benzene rings is 1. The lowest BCUT2D eigenvalue weighted by Gasteiger charge is -2.31. The molecule has 2 aromatic rings. The molecule has 0 aliphatic carbocycles. The third kappa shape index (κ3) is 5.88. The van der Waals surface area contributed by atoms with Crippen LogP contribution in [0.4, 0.5) is 0 Å². The van der Waals surface area contributed by atoms with Crippen molar-refractivity contribution in [3.63, 3.8) is 0 Å². The smallest absolute Gasteiger partial charge is 0.330 e. The van der Waals surface area contributed by atoms with Crippen LogP contribution in [-0.4, -0.2) is 92.8 Å². The van der Waals surface area contributed by atoms with E-state index in [1.807, 2.05) is 42.3 Å². The van der Waals surface area contributed by atoms with E-state index >= 15 is 0 Å². The molecule has 35 heavy (non-hydrogen) atoms. The second-order valence-electron chi connectivity index (χ2n) is 9.00. The number of aliphatic hydroxyl groups excluding tert-OH is 3. The summed E-state index contributed by atoms with van der Waals surface area (Å²) < 4.78 is 18.9. The van der Waals surface area contributed by atoms with Gasteiger partial charge in [0.15, 0.2) is 12.5 Å². The van der Waals surface area contributed by atoms with E-state index in [2.05, 4.69) is 4.98 Å². The summed E-state index contributed by atoms with van der Waals surface area (Å²) in [5.41, 5.74) is 5.44. The van der Waals surface area contributed by atoms with Gasteiger partial charge in [0.25, 0.3) is 5.56 Å². The number of ether oxygens (including phenoxy) is 3. The standard InChI is InChI=1S/C23H32N4O8/c1-26(11-13-5-3-2-4-6-13)12-17(35-22-20(31)19(30)16(10-24)34-22)15-9-14(28)21(33-15)27-8-7-18(29)25-23(27)32/h2-8,14-17,19-22,28,30-31H,9-12,24H2,1H3,(H,25,29,32)/t14-,15+,16-,17+,19-,20-,21-,22+/m1/s1. The van der Waals surface area contributed by atoms with Crippen molar-refractivity contribution in [1.82, 2.24) is 14.5 Å². The summed E-state index contributed by atoms with van der Waals surface area (Å²) in [7, 11) is 1.89. The molecule has 6 N–H and O–H groups in total. The summed E-state index contributed by atoms with van der Waals surface area (Å²) in [5.74, 6) is 0. The molecule has 0 bridgehead atoms. The molecule has 0 saturated carbocycles. The van der Waals surface area contributed by atoms with Gasteiger partial charge in [0.05, 0.1) is 12.2 Å². The molecular weight excluding hydrogens is 460 g/mol. The fourth-order valence-corrected chi connectivity index (χ4v) is 4.51. The first-order valence-electron chi connectivity index (χ1n) is 11.5. The molecule has 0 unspecified atom stereocenters. The van der Waals surface area contributed by atoms with Crippen LogP contribution in [0.1, 0.15) is 18.2 Å². The summed E-state index contributed by atoms with van der Waals surface area (Å²) in [6.45, 7) is 0.933. The molecule has 2 saturated heterocycles. The zero-order valence-corrected chi connectivity index (χ0v) is 19.3. The highest BCUT2D eigenvalue weighted by Gasteiger charge is 2.47. The van der Waals surface area contributed by atoms with Crippen molar-refractivity contribution >= 4 is 0 Å². The van der Waals surface area contributed by atoms with Crippen molar-refractivity contribution in [3.05, 3.63) is 69.0 Å². The van der Waals surface area contributed by atoms with Crippen LogP contribution in [0.3, 0.4) is 0 Å². The van der Waals surface area contributed by atoms with Gasteiger partial charge in [-0.2, -0.15) is 0 Å². The van der Waals surface area contributed by atoms with E-state index in [-0.39, 0.29) is 13.0 Å². The summed E-state index contributed by atoms with van der Waals surface area (Å²) in [5, 5.41) is 31.3. The van der Waals surface area contributed by atoms with Crippen molar-refractivity contribution in [2.24, 2.45) is 5.73 Å². The van der Waals surface area contributed by atoms with E-state index in [9.17, 15) is 24.9 Å². The first-order chi connectivity index (χ1) is 16.8. The fourth-order valence-electron chi connectivity index (χ4n) is 4.51. The molecule has 0 amide bonds. The zero-order chi connectivity index (χ0) is 25.1. The highest BCUT2D eigenvalue weighted by atomic mass is 16.7. The number of likely N-dealkylation sites (N-methyl/N-ethyl adjacent to an activating group) is 1. The summed E-state index contributed by atoms with van der Waals surface area (Å²) >= 11 is 0. The topological polar surface area (TPSA) is 172 Å². The highest BCUT2D eigenvalue weighted by molar-refractivity contribution is 5.14. The zero-order valence-electron chi connectivity index (χ0n) is 19.3. The molecule has 0 radical (unpaired) electrons. The molecule has 8 atom stereocenters. The lowest BCUT2D eigenvalue weighted by Crippen LogP contribution is -2.44. The molecule has 12 heteroatoms. The summed E-state index contributed by atoms with van der Waals surface area (Å²) in [6, 6.07) is 11.0. The Morgan fingerprint density at radius 2 is 1.91 bits per heavy atom. The van der Waals surface area contributed by atoms with Crippen LogP contribution >= 0.6 is 0 Å². The van der Waals surface area contributed by atoms with Crippen LogP contribution in [0.5, 0.6) is 0 Å². The number of aromatic nitrogens is 2. The van der Waals surface area contributed by atoms with Crippen molar-refractivity contribution in [2.75, 3.05) is 20.1 Å². The number of nitrogens with two attached hydrogens (primary N) is 1. The van der Waals surface area contributed by atoms with Gasteiger partial charge in [-0.3, -0.25) is 19.2 Å². The Balaban J connectivity index is 1.52. The van der Waals surface area contributed by atoms with E-state index < -0.39 is 60.4 Å². The van der Waals surface area contributed by atoms with E-state index in [0.717, 1.165) is 10.1 Å². The highest BCUT2D eigenvalue weighted by Crippen LogP contribution is 2.33. The van der Waals surface area contributed by atoms with Crippen LogP contribution in [0.15, 0.2) is 52.2 Å². The molecule has 12 nitrogen and oxygen atoms in total. The minimum atomic E-state index is -1.31. The fraction of sp³-hybridized carbons (Fsp3) is 0.565. The Bertz CT molecular complexity index is 1080. The number of aliphatic hydroxyl groups is 3. The molecule has 3 heterocycles. The number of H-pyrrole nitrogens is 1. The predicted molar refractivity (Wildman–Crippen MR) is 123 cm³/mol. The maximum atomic E-state index is 12.2. The second kappa shape index (κ2) is 11.1. The minimum absolute atomic E-state index is 0.00645. The average Bonchev–Trinajstić information content (AvgIpc) is 3.34. The lowest BCUT2D eigenvalue weighted by atomic mass is 10.1. The average molecular weight is 493 g/mol. The van der Waals surface area contributed by atoms with Gasteiger partial charge in [-0.05, 0) is 12.6 Å².